The lowest BCUT2D eigenvalue weighted by Gasteiger charge is -2.03. The van der Waals surface area contributed by atoms with Crippen LogP contribution in [0.4, 0.5) is 0 Å². The maximum absolute atomic E-state index is 10.8. The normalized spacial score (nSPS) is 11.6. The molecule has 0 spiro atoms. The number of aryl methyl sites for hydroxylation is 2. The minimum Gasteiger partial charge on any atom is -0.478 e. The van der Waals surface area contributed by atoms with E-state index in [0.29, 0.717) is 0 Å². The quantitative estimate of drug-likeness (QED) is 0.862. The molecule has 0 saturated heterocycles. The summed E-state index contributed by atoms with van der Waals surface area (Å²) in [6, 6.07) is 8.08. The maximum atomic E-state index is 10.8. The Morgan fingerprint density at radius 2 is 2.11 bits per heavy atom. The second-order valence-corrected chi connectivity index (χ2v) is 5.65. The monoisotopic (exact) mass is 273 g/mol. The predicted molar refractivity (Wildman–Crippen MR) is 78.3 cm³/mol. The van der Waals surface area contributed by atoms with Gasteiger partial charge in [-0.3, -0.25) is 0 Å². The van der Waals surface area contributed by atoms with E-state index in [9.17, 15) is 4.79 Å². The molecule has 1 aromatic carbocycles. The number of hydrogen-bond donors (Lipinski definition) is 1. The number of carboxylic acids is 1. The number of hydrogen-bond acceptors (Lipinski definition) is 3. The molecule has 0 aliphatic carbocycles. The highest BCUT2D eigenvalue weighted by Gasteiger charge is 2.13. The second-order valence-electron chi connectivity index (χ2n) is 4.45. The van der Waals surface area contributed by atoms with Crippen LogP contribution in [0.25, 0.3) is 16.8 Å². The van der Waals surface area contributed by atoms with Crippen molar-refractivity contribution < 1.29 is 9.90 Å². The summed E-state index contributed by atoms with van der Waals surface area (Å²) in [7, 11) is 0. The number of allylic oxidation sites excluding steroid dienone is 1. The van der Waals surface area contributed by atoms with E-state index in [4.69, 9.17) is 5.11 Å². The van der Waals surface area contributed by atoms with Gasteiger partial charge in [-0.15, -0.1) is 11.3 Å². The molecule has 0 atom stereocenters. The van der Waals surface area contributed by atoms with Crippen molar-refractivity contribution in [2.45, 2.75) is 20.8 Å². The molecule has 0 saturated carbocycles. The third kappa shape index (κ3) is 3.09. The molecule has 4 heteroatoms. The smallest absolute Gasteiger partial charge is 0.328 e. The van der Waals surface area contributed by atoms with Gasteiger partial charge in [-0.1, -0.05) is 23.8 Å². The van der Waals surface area contributed by atoms with E-state index < -0.39 is 5.97 Å². The van der Waals surface area contributed by atoms with Gasteiger partial charge in [0.05, 0.1) is 15.6 Å². The van der Waals surface area contributed by atoms with Crippen molar-refractivity contribution in [3.63, 3.8) is 0 Å². The van der Waals surface area contributed by atoms with E-state index in [1.54, 1.807) is 6.92 Å². The molecule has 1 aromatic heterocycles. The summed E-state index contributed by atoms with van der Waals surface area (Å²) in [4.78, 5) is 16.3. The molecular formula is C15H15NO2S. The van der Waals surface area contributed by atoms with Gasteiger partial charge in [0.15, 0.2) is 0 Å². The molecule has 0 unspecified atom stereocenters. The average molecular weight is 273 g/mol. The summed E-state index contributed by atoms with van der Waals surface area (Å²) in [6.45, 7) is 5.77. The molecule has 0 bridgehead atoms. The Bertz CT molecular complexity index is 656. The first-order chi connectivity index (χ1) is 8.97. The summed E-state index contributed by atoms with van der Waals surface area (Å²) in [5.74, 6) is -0.932. The Hall–Kier alpha value is -1.94. The standard InChI is InChI=1S/C15H15NO2S/c1-9-5-4-6-12(7-9)14-15(19-11(3)16-14)10(2)8-13(17)18/h4-8H,1-3H3,(H,17,18)/b10-8+. The number of carbonyl (C=O) groups is 1. The lowest BCUT2D eigenvalue weighted by molar-refractivity contribution is -0.131. The molecule has 3 nitrogen and oxygen atoms in total. The Labute approximate surface area is 116 Å². The molecule has 2 rings (SSSR count). The lowest BCUT2D eigenvalue weighted by Crippen LogP contribution is -1.90. The van der Waals surface area contributed by atoms with Crippen molar-refractivity contribution in [2.24, 2.45) is 0 Å². The second kappa shape index (κ2) is 5.36. The van der Waals surface area contributed by atoms with Gasteiger partial charge >= 0.3 is 5.97 Å². The number of rotatable bonds is 3. The van der Waals surface area contributed by atoms with Crippen molar-refractivity contribution >= 4 is 22.9 Å². The van der Waals surface area contributed by atoms with Crippen LogP contribution in [0.3, 0.4) is 0 Å². The zero-order valence-corrected chi connectivity index (χ0v) is 11.9. The van der Waals surface area contributed by atoms with Crippen LogP contribution in [0.5, 0.6) is 0 Å². The van der Waals surface area contributed by atoms with Crippen LogP contribution < -0.4 is 0 Å². The summed E-state index contributed by atoms with van der Waals surface area (Å²) in [5.41, 5.74) is 3.78. The van der Waals surface area contributed by atoms with E-state index in [-0.39, 0.29) is 0 Å². The van der Waals surface area contributed by atoms with Gasteiger partial charge in [-0.25, -0.2) is 9.78 Å². The number of aliphatic carboxylic acids is 1. The Kier molecular flexibility index (Phi) is 3.81. The predicted octanol–water partition coefficient (Wildman–Crippen LogP) is 3.91. The fourth-order valence-electron chi connectivity index (χ4n) is 1.93. The van der Waals surface area contributed by atoms with Crippen LogP contribution in [0.1, 0.15) is 22.4 Å². The number of carboxylic acid groups (broad SMARTS) is 1. The first-order valence-corrected chi connectivity index (χ1v) is 6.75. The van der Waals surface area contributed by atoms with E-state index in [0.717, 1.165) is 32.3 Å². The molecule has 0 radical (unpaired) electrons. The third-order valence-corrected chi connectivity index (χ3v) is 3.83. The van der Waals surface area contributed by atoms with Gasteiger partial charge in [0.25, 0.3) is 0 Å². The molecule has 2 aromatic rings. The fourth-order valence-corrected chi connectivity index (χ4v) is 2.85. The number of aromatic nitrogens is 1. The fraction of sp³-hybridized carbons (Fsp3) is 0.200. The van der Waals surface area contributed by atoms with Gasteiger partial charge in [-0.05, 0) is 32.4 Å². The minimum atomic E-state index is -0.932. The molecule has 98 valence electrons. The Balaban J connectivity index is 2.56. The highest BCUT2D eigenvalue weighted by Crippen LogP contribution is 2.33. The van der Waals surface area contributed by atoms with Crippen LogP contribution in [0, 0.1) is 13.8 Å². The SMILES string of the molecule is C/C(=C\C(=O)O)c1sc(C)nc1-c1cccc(C)c1. The largest absolute Gasteiger partial charge is 0.478 e. The topological polar surface area (TPSA) is 50.2 Å². The molecule has 19 heavy (non-hydrogen) atoms. The summed E-state index contributed by atoms with van der Waals surface area (Å²) < 4.78 is 0. The number of thiazole rings is 1. The zero-order valence-electron chi connectivity index (χ0n) is 11.1. The molecule has 0 aliphatic heterocycles. The molecule has 1 N–H and O–H groups in total. The lowest BCUT2D eigenvalue weighted by atomic mass is 10.1. The van der Waals surface area contributed by atoms with Gasteiger partial charge in [0, 0.05) is 11.6 Å². The highest BCUT2D eigenvalue weighted by molar-refractivity contribution is 7.13. The number of nitrogens with zero attached hydrogens (tertiary/aromatic N) is 1. The maximum Gasteiger partial charge on any atom is 0.328 e. The summed E-state index contributed by atoms with van der Waals surface area (Å²) in [6.07, 6.45) is 1.23. The third-order valence-electron chi connectivity index (χ3n) is 2.72. The highest BCUT2D eigenvalue weighted by atomic mass is 32.1. The molecular weight excluding hydrogens is 258 g/mol. The van der Waals surface area contributed by atoms with Crippen LogP contribution >= 0.6 is 11.3 Å². The van der Waals surface area contributed by atoms with Crippen molar-refractivity contribution in [1.29, 1.82) is 0 Å². The Morgan fingerprint density at radius 1 is 1.37 bits per heavy atom. The van der Waals surface area contributed by atoms with Crippen LogP contribution in [-0.2, 0) is 4.79 Å². The first-order valence-electron chi connectivity index (χ1n) is 5.93. The first kappa shape index (κ1) is 13.5. The van der Waals surface area contributed by atoms with Crippen molar-refractivity contribution in [3.05, 3.63) is 45.8 Å². The van der Waals surface area contributed by atoms with E-state index in [1.165, 1.54) is 17.4 Å². The zero-order chi connectivity index (χ0) is 14.0. The summed E-state index contributed by atoms with van der Waals surface area (Å²) in [5, 5.41) is 9.80. The number of benzene rings is 1. The summed E-state index contributed by atoms with van der Waals surface area (Å²) >= 11 is 1.52. The molecule has 0 amide bonds. The van der Waals surface area contributed by atoms with Crippen molar-refractivity contribution in [2.75, 3.05) is 0 Å². The molecule has 0 fully saturated rings. The van der Waals surface area contributed by atoms with Crippen LogP contribution in [0.2, 0.25) is 0 Å². The average Bonchev–Trinajstić information content (AvgIpc) is 2.70. The van der Waals surface area contributed by atoms with Gasteiger partial charge in [-0.2, -0.15) is 0 Å². The van der Waals surface area contributed by atoms with Crippen molar-refractivity contribution in [3.8, 4) is 11.3 Å². The van der Waals surface area contributed by atoms with Crippen molar-refractivity contribution in [1.82, 2.24) is 4.98 Å². The van der Waals surface area contributed by atoms with Gasteiger partial charge in [0.1, 0.15) is 0 Å². The van der Waals surface area contributed by atoms with E-state index in [2.05, 4.69) is 11.1 Å². The Morgan fingerprint density at radius 3 is 2.74 bits per heavy atom. The van der Waals surface area contributed by atoms with E-state index >= 15 is 0 Å². The molecule has 1 heterocycles. The van der Waals surface area contributed by atoms with Crippen LogP contribution in [0.15, 0.2) is 30.3 Å². The van der Waals surface area contributed by atoms with Crippen LogP contribution in [-0.4, -0.2) is 16.1 Å². The van der Waals surface area contributed by atoms with Gasteiger partial charge < -0.3 is 5.11 Å². The minimum absolute atomic E-state index is 0.731. The van der Waals surface area contributed by atoms with E-state index in [1.807, 2.05) is 32.0 Å². The molecule has 0 aliphatic rings. The van der Waals surface area contributed by atoms with Gasteiger partial charge in [0.2, 0.25) is 0 Å².